The summed E-state index contributed by atoms with van der Waals surface area (Å²) in [5.74, 6) is 3.21. The molecule has 0 aromatic heterocycles. The fraction of sp³-hybridized carbons (Fsp3) is 1.00. The maximum absolute atomic E-state index is 10.3. The Kier molecular flexibility index (Phi) is 1.94. The van der Waals surface area contributed by atoms with Gasteiger partial charge in [0.15, 0.2) is 0 Å². The molecule has 80 valence electrons. The number of rotatable bonds is 1. The molecule has 0 spiro atoms. The Balaban J connectivity index is 1.91. The Morgan fingerprint density at radius 2 is 1.57 bits per heavy atom. The number of aliphatic hydroxyl groups is 1. The van der Waals surface area contributed by atoms with E-state index in [2.05, 4.69) is 19.0 Å². The van der Waals surface area contributed by atoms with Crippen molar-refractivity contribution in [1.82, 2.24) is 4.90 Å². The third-order valence-corrected chi connectivity index (χ3v) is 5.09. The molecule has 0 heterocycles. The van der Waals surface area contributed by atoms with Crippen LogP contribution in [0.2, 0.25) is 0 Å². The van der Waals surface area contributed by atoms with Gasteiger partial charge in [0.2, 0.25) is 0 Å². The summed E-state index contributed by atoms with van der Waals surface area (Å²) in [6.45, 7) is 0. The molecule has 0 amide bonds. The maximum atomic E-state index is 10.3. The van der Waals surface area contributed by atoms with Crippen molar-refractivity contribution in [3.8, 4) is 0 Å². The number of fused-ring (bicyclic) bond motifs is 2. The van der Waals surface area contributed by atoms with Gasteiger partial charge in [-0.3, -0.25) is 0 Å². The summed E-state index contributed by atoms with van der Waals surface area (Å²) in [6.07, 6.45) is 5.51. The van der Waals surface area contributed by atoms with Crippen LogP contribution in [0.4, 0.5) is 0 Å². The number of likely N-dealkylation sites (N-methyl/N-ethyl adjacent to an activating group) is 1. The van der Waals surface area contributed by atoms with Crippen LogP contribution in [0.25, 0.3) is 0 Å². The summed E-state index contributed by atoms with van der Waals surface area (Å²) in [5, 5.41) is 10.3. The molecule has 0 aliphatic heterocycles. The van der Waals surface area contributed by atoms with E-state index < -0.39 is 0 Å². The van der Waals surface area contributed by atoms with Gasteiger partial charge in [-0.2, -0.15) is 0 Å². The Labute approximate surface area is 86.3 Å². The van der Waals surface area contributed by atoms with E-state index in [1.807, 2.05) is 0 Å². The van der Waals surface area contributed by atoms with Crippen LogP contribution in [0.3, 0.4) is 0 Å². The van der Waals surface area contributed by atoms with Crippen LogP contribution in [0.15, 0.2) is 0 Å². The summed E-state index contributed by atoms with van der Waals surface area (Å²) in [7, 11) is 4.25. The van der Waals surface area contributed by atoms with Crippen molar-refractivity contribution in [3.63, 3.8) is 0 Å². The molecule has 5 saturated carbocycles. The highest BCUT2D eigenvalue weighted by atomic mass is 16.3. The summed E-state index contributed by atoms with van der Waals surface area (Å²) in [4.78, 5) is 2.26. The summed E-state index contributed by atoms with van der Waals surface area (Å²) < 4.78 is 0. The van der Waals surface area contributed by atoms with Gasteiger partial charge in [-0.15, -0.1) is 0 Å². The molecule has 1 N–H and O–H groups in total. The van der Waals surface area contributed by atoms with Gasteiger partial charge >= 0.3 is 0 Å². The second-order valence-corrected chi connectivity index (χ2v) is 5.84. The molecule has 5 aliphatic rings. The van der Waals surface area contributed by atoms with E-state index in [9.17, 15) is 5.11 Å². The lowest BCUT2D eigenvalue weighted by molar-refractivity contribution is -0.149. The summed E-state index contributed by atoms with van der Waals surface area (Å²) in [6, 6.07) is 0.454. The smallest absolute Gasteiger partial charge is 0.0728 e. The third-order valence-electron chi connectivity index (χ3n) is 5.09. The molecule has 0 aromatic carbocycles. The monoisotopic (exact) mass is 195 g/mol. The Morgan fingerprint density at radius 3 is 2.07 bits per heavy atom. The predicted molar refractivity (Wildman–Crippen MR) is 55.9 cm³/mol. The van der Waals surface area contributed by atoms with E-state index in [0.29, 0.717) is 12.0 Å². The van der Waals surface area contributed by atoms with E-state index in [1.54, 1.807) is 0 Å². The first kappa shape index (κ1) is 9.17. The largest absolute Gasteiger partial charge is 0.391 e. The van der Waals surface area contributed by atoms with Crippen molar-refractivity contribution >= 4 is 0 Å². The van der Waals surface area contributed by atoms with Gasteiger partial charge in [0.05, 0.1) is 6.10 Å². The molecule has 4 bridgehead atoms. The van der Waals surface area contributed by atoms with Crippen molar-refractivity contribution in [3.05, 3.63) is 0 Å². The highest BCUT2D eigenvalue weighted by molar-refractivity contribution is 5.06. The zero-order valence-electron chi connectivity index (χ0n) is 9.19. The highest BCUT2D eigenvalue weighted by Crippen LogP contribution is 2.56. The van der Waals surface area contributed by atoms with E-state index in [1.165, 1.54) is 25.7 Å². The van der Waals surface area contributed by atoms with Crippen molar-refractivity contribution in [2.45, 2.75) is 37.8 Å². The lowest BCUT2D eigenvalue weighted by atomic mass is 9.50. The lowest BCUT2D eigenvalue weighted by Gasteiger charge is -2.60. The normalized spacial score (nSPS) is 55.7. The second-order valence-electron chi connectivity index (χ2n) is 5.84. The average molecular weight is 195 g/mol. The second kappa shape index (κ2) is 2.96. The molecule has 5 aliphatic carbocycles. The lowest BCUT2D eigenvalue weighted by Crippen LogP contribution is -2.62. The molecular formula is C12H21NO. The van der Waals surface area contributed by atoms with Gasteiger partial charge in [-0.1, -0.05) is 0 Å². The minimum Gasteiger partial charge on any atom is -0.391 e. The van der Waals surface area contributed by atoms with Crippen molar-refractivity contribution in [1.29, 1.82) is 0 Å². The Hall–Kier alpha value is -0.0800. The predicted octanol–water partition coefficient (Wildman–Crippen LogP) is 1.34. The standard InChI is InChI=1S/C12H21NO/c1-13(2)11-9-5-8-4-3-7(9)6-10(8)12(11)14/h7-12,14H,3-6H2,1-2H3/t7-,8-,9-,10-,11+,12+/m1/s1. The minimum absolute atomic E-state index is 0.0368. The van der Waals surface area contributed by atoms with Crippen molar-refractivity contribution in [2.24, 2.45) is 23.7 Å². The number of hydrogen-bond acceptors (Lipinski definition) is 2. The molecule has 6 atom stereocenters. The van der Waals surface area contributed by atoms with Crippen LogP contribution in [0, 0.1) is 23.7 Å². The number of aliphatic hydroxyl groups excluding tert-OH is 1. The fourth-order valence-electron chi connectivity index (χ4n) is 4.56. The van der Waals surface area contributed by atoms with Crippen LogP contribution in [0.5, 0.6) is 0 Å². The molecule has 0 saturated heterocycles. The molecule has 2 heteroatoms. The van der Waals surface area contributed by atoms with Gasteiger partial charge in [0.25, 0.3) is 0 Å². The Morgan fingerprint density at radius 1 is 1.00 bits per heavy atom. The molecule has 2 nitrogen and oxygen atoms in total. The molecule has 5 rings (SSSR count). The van der Waals surface area contributed by atoms with Gasteiger partial charge in [-0.25, -0.2) is 0 Å². The molecule has 0 radical (unpaired) electrons. The van der Waals surface area contributed by atoms with Gasteiger partial charge in [0.1, 0.15) is 0 Å². The SMILES string of the molecule is CN(C)[C@@H]1[C@@H](O)[C@@H]2C[C@H]3CC[C@@H]2C[C@H]31. The quantitative estimate of drug-likeness (QED) is 0.682. The van der Waals surface area contributed by atoms with Crippen LogP contribution < -0.4 is 0 Å². The maximum Gasteiger partial charge on any atom is 0.0728 e. The fourth-order valence-corrected chi connectivity index (χ4v) is 4.56. The van der Waals surface area contributed by atoms with E-state index in [0.717, 1.165) is 17.8 Å². The van der Waals surface area contributed by atoms with E-state index in [-0.39, 0.29) is 6.10 Å². The molecule has 5 fully saturated rings. The van der Waals surface area contributed by atoms with Crippen molar-refractivity contribution < 1.29 is 5.11 Å². The number of nitrogens with zero attached hydrogens (tertiary/aromatic N) is 1. The van der Waals surface area contributed by atoms with Crippen LogP contribution in [-0.2, 0) is 0 Å². The average Bonchev–Trinajstić information content (AvgIpc) is 2.17. The van der Waals surface area contributed by atoms with Gasteiger partial charge in [0, 0.05) is 6.04 Å². The first-order chi connectivity index (χ1) is 6.68. The highest BCUT2D eigenvalue weighted by Gasteiger charge is 2.55. The first-order valence-corrected chi connectivity index (χ1v) is 6.03. The Bertz CT molecular complexity index is 240. The molecule has 0 aromatic rings. The molecule has 0 unspecified atom stereocenters. The third kappa shape index (κ3) is 1.04. The van der Waals surface area contributed by atoms with E-state index >= 15 is 0 Å². The molecular weight excluding hydrogens is 174 g/mol. The summed E-state index contributed by atoms with van der Waals surface area (Å²) in [5.41, 5.74) is 0. The minimum atomic E-state index is -0.0368. The molecule has 14 heavy (non-hydrogen) atoms. The first-order valence-electron chi connectivity index (χ1n) is 6.03. The van der Waals surface area contributed by atoms with Crippen molar-refractivity contribution in [2.75, 3.05) is 14.1 Å². The summed E-state index contributed by atoms with van der Waals surface area (Å²) >= 11 is 0. The zero-order valence-corrected chi connectivity index (χ0v) is 9.19. The zero-order chi connectivity index (χ0) is 9.87. The van der Waals surface area contributed by atoms with Crippen LogP contribution in [0.1, 0.15) is 25.7 Å². The van der Waals surface area contributed by atoms with Crippen LogP contribution in [-0.4, -0.2) is 36.2 Å². The van der Waals surface area contributed by atoms with E-state index in [4.69, 9.17) is 0 Å². The topological polar surface area (TPSA) is 23.5 Å². The van der Waals surface area contributed by atoms with Crippen LogP contribution >= 0.6 is 0 Å². The van der Waals surface area contributed by atoms with Gasteiger partial charge in [-0.05, 0) is 63.5 Å². The van der Waals surface area contributed by atoms with Gasteiger partial charge < -0.3 is 10.0 Å². The number of hydrogen-bond donors (Lipinski definition) is 1.